The zero-order valence-electron chi connectivity index (χ0n) is 16.9. The first-order chi connectivity index (χ1) is 13.6. The van der Waals surface area contributed by atoms with Crippen LogP contribution in [0.2, 0.25) is 0 Å². The summed E-state index contributed by atoms with van der Waals surface area (Å²) in [4.78, 5) is 25.1. The summed E-state index contributed by atoms with van der Waals surface area (Å²) in [5.41, 5.74) is 7.72. The van der Waals surface area contributed by atoms with Crippen molar-refractivity contribution in [3.63, 3.8) is 0 Å². The maximum Gasteiger partial charge on any atom is 0.253 e. The summed E-state index contributed by atoms with van der Waals surface area (Å²) >= 11 is 1.36. The maximum atomic E-state index is 12.5. The second-order valence-electron chi connectivity index (χ2n) is 6.73. The number of carbonyl (C=O) groups excluding carboxylic acids is 2. The molecule has 0 radical (unpaired) electrons. The topological polar surface area (TPSA) is 95.6 Å². The summed E-state index contributed by atoms with van der Waals surface area (Å²) < 4.78 is 25.9. The molecule has 2 N–H and O–H groups in total. The maximum absolute atomic E-state index is 12.5. The quantitative estimate of drug-likeness (QED) is 0.513. The molecular formula is C20H25N3O4S2. The van der Waals surface area contributed by atoms with Gasteiger partial charge in [-0.25, -0.2) is 8.42 Å². The van der Waals surface area contributed by atoms with Gasteiger partial charge in [-0.05, 0) is 44.5 Å². The standard InChI is InChI=1S/C20H25N3O4S2/c1-14-5-8-17(9-6-14)29(26,27)23(4)12-19(24)21-22-20(25)13-28-18-10-7-15(2)11-16(18)3/h5-11H,12-13H2,1-4H3,(H,21,24)(H,22,25). The molecule has 2 amide bonds. The zero-order chi connectivity index (χ0) is 21.6. The normalized spacial score (nSPS) is 11.3. The molecule has 0 saturated heterocycles. The Morgan fingerprint density at radius 2 is 1.52 bits per heavy atom. The molecule has 0 unspecified atom stereocenters. The molecule has 0 heterocycles. The van der Waals surface area contributed by atoms with Gasteiger partial charge in [0, 0.05) is 11.9 Å². The van der Waals surface area contributed by atoms with Crippen molar-refractivity contribution in [2.24, 2.45) is 0 Å². The highest BCUT2D eigenvalue weighted by Gasteiger charge is 2.23. The van der Waals surface area contributed by atoms with Gasteiger partial charge in [-0.1, -0.05) is 35.4 Å². The number of carbonyl (C=O) groups is 2. The first kappa shape index (κ1) is 22.9. The molecule has 0 aliphatic carbocycles. The highest BCUT2D eigenvalue weighted by atomic mass is 32.2. The van der Waals surface area contributed by atoms with Crippen LogP contribution in [0.1, 0.15) is 16.7 Å². The lowest BCUT2D eigenvalue weighted by Crippen LogP contribution is -2.47. The Bertz CT molecular complexity index is 989. The van der Waals surface area contributed by atoms with Gasteiger partial charge in [0.1, 0.15) is 0 Å². The summed E-state index contributed by atoms with van der Waals surface area (Å²) in [6, 6.07) is 12.3. The Kier molecular flexibility index (Phi) is 7.83. The van der Waals surface area contributed by atoms with E-state index in [1.54, 1.807) is 12.1 Å². The van der Waals surface area contributed by atoms with Crippen LogP contribution in [0.3, 0.4) is 0 Å². The number of nitrogens with one attached hydrogen (secondary N) is 2. The lowest BCUT2D eigenvalue weighted by atomic mass is 10.2. The van der Waals surface area contributed by atoms with E-state index in [-0.39, 0.29) is 16.6 Å². The highest BCUT2D eigenvalue weighted by Crippen LogP contribution is 2.22. The number of hydrazine groups is 1. The number of benzene rings is 2. The smallest absolute Gasteiger partial charge is 0.253 e. The van der Waals surface area contributed by atoms with Crippen LogP contribution < -0.4 is 10.9 Å². The van der Waals surface area contributed by atoms with Gasteiger partial charge in [-0.15, -0.1) is 11.8 Å². The molecule has 0 aromatic heterocycles. The minimum absolute atomic E-state index is 0.104. The third-order valence-corrected chi connectivity index (χ3v) is 7.12. The second-order valence-corrected chi connectivity index (χ2v) is 9.79. The molecule has 29 heavy (non-hydrogen) atoms. The van der Waals surface area contributed by atoms with Crippen molar-refractivity contribution in [3.8, 4) is 0 Å². The molecule has 0 saturated carbocycles. The fourth-order valence-electron chi connectivity index (χ4n) is 2.50. The molecule has 0 atom stereocenters. The summed E-state index contributed by atoms with van der Waals surface area (Å²) in [7, 11) is -2.48. The molecule has 2 aromatic carbocycles. The summed E-state index contributed by atoms with van der Waals surface area (Å²) in [6.07, 6.45) is 0. The van der Waals surface area contributed by atoms with Gasteiger partial charge < -0.3 is 0 Å². The Morgan fingerprint density at radius 3 is 2.14 bits per heavy atom. The lowest BCUT2D eigenvalue weighted by Gasteiger charge is -2.17. The minimum atomic E-state index is -3.79. The fraction of sp³-hybridized carbons (Fsp3) is 0.300. The van der Waals surface area contributed by atoms with Gasteiger partial charge in [0.05, 0.1) is 17.2 Å². The average Bonchev–Trinajstić information content (AvgIpc) is 2.66. The highest BCUT2D eigenvalue weighted by molar-refractivity contribution is 8.00. The SMILES string of the molecule is Cc1ccc(S(=O)(=O)N(C)CC(=O)NNC(=O)CSc2ccc(C)cc2C)cc1. The van der Waals surface area contributed by atoms with Crippen LogP contribution in [0.25, 0.3) is 0 Å². The zero-order valence-corrected chi connectivity index (χ0v) is 18.5. The molecule has 2 rings (SSSR count). The largest absolute Gasteiger partial charge is 0.272 e. The number of sulfonamides is 1. The van der Waals surface area contributed by atoms with E-state index in [9.17, 15) is 18.0 Å². The number of rotatable bonds is 7. The first-order valence-electron chi connectivity index (χ1n) is 8.90. The number of aryl methyl sites for hydroxylation is 3. The Hall–Kier alpha value is -2.36. The van der Waals surface area contributed by atoms with Crippen molar-refractivity contribution in [1.82, 2.24) is 15.2 Å². The van der Waals surface area contributed by atoms with Crippen molar-refractivity contribution < 1.29 is 18.0 Å². The van der Waals surface area contributed by atoms with Crippen molar-refractivity contribution >= 4 is 33.6 Å². The van der Waals surface area contributed by atoms with E-state index < -0.39 is 22.5 Å². The van der Waals surface area contributed by atoms with E-state index in [0.717, 1.165) is 25.9 Å². The lowest BCUT2D eigenvalue weighted by molar-refractivity contribution is -0.127. The van der Waals surface area contributed by atoms with Crippen molar-refractivity contribution in [2.45, 2.75) is 30.6 Å². The third kappa shape index (κ3) is 6.59. The monoisotopic (exact) mass is 435 g/mol. The predicted molar refractivity (Wildman–Crippen MR) is 114 cm³/mol. The molecule has 0 aliphatic heterocycles. The Balaban J connectivity index is 1.82. The number of hydrogen-bond acceptors (Lipinski definition) is 5. The van der Waals surface area contributed by atoms with Crippen LogP contribution in [-0.4, -0.2) is 43.9 Å². The molecule has 0 bridgehead atoms. The Labute approximate surface area is 175 Å². The van der Waals surface area contributed by atoms with Gasteiger partial charge in [0.25, 0.3) is 5.91 Å². The molecule has 9 heteroatoms. The fourth-order valence-corrected chi connectivity index (χ4v) is 4.43. The van der Waals surface area contributed by atoms with E-state index in [1.807, 2.05) is 39.0 Å². The number of hydrogen-bond donors (Lipinski definition) is 2. The first-order valence-corrected chi connectivity index (χ1v) is 11.3. The van der Waals surface area contributed by atoms with E-state index in [4.69, 9.17) is 0 Å². The van der Waals surface area contributed by atoms with Gasteiger partial charge in [-0.2, -0.15) is 4.31 Å². The average molecular weight is 436 g/mol. The number of thioether (sulfide) groups is 1. The molecular weight excluding hydrogens is 410 g/mol. The van der Waals surface area contributed by atoms with E-state index in [1.165, 1.54) is 30.9 Å². The molecule has 7 nitrogen and oxygen atoms in total. The Morgan fingerprint density at radius 1 is 0.931 bits per heavy atom. The third-order valence-electron chi connectivity index (χ3n) is 4.13. The second kappa shape index (κ2) is 9.91. The van der Waals surface area contributed by atoms with Crippen molar-refractivity contribution in [3.05, 3.63) is 59.2 Å². The minimum Gasteiger partial charge on any atom is -0.272 e. The number of amides is 2. The van der Waals surface area contributed by atoms with Gasteiger partial charge in [0.15, 0.2) is 0 Å². The summed E-state index contributed by atoms with van der Waals surface area (Å²) in [5.74, 6) is -0.887. The van der Waals surface area contributed by atoms with Gasteiger partial charge in [-0.3, -0.25) is 20.4 Å². The van der Waals surface area contributed by atoms with E-state index in [2.05, 4.69) is 10.9 Å². The van der Waals surface area contributed by atoms with E-state index >= 15 is 0 Å². The van der Waals surface area contributed by atoms with Crippen LogP contribution in [0.15, 0.2) is 52.3 Å². The van der Waals surface area contributed by atoms with Crippen LogP contribution in [0, 0.1) is 20.8 Å². The van der Waals surface area contributed by atoms with Gasteiger partial charge in [0.2, 0.25) is 15.9 Å². The number of nitrogens with zero attached hydrogens (tertiary/aromatic N) is 1. The molecule has 156 valence electrons. The summed E-state index contributed by atoms with van der Waals surface area (Å²) in [6.45, 7) is 5.41. The predicted octanol–water partition coefficient (Wildman–Crippen LogP) is 2.17. The van der Waals surface area contributed by atoms with Crippen molar-refractivity contribution in [1.29, 1.82) is 0 Å². The molecule has 2 aromatic rings. The molecule has 0 aliphatic rings. The van der Waals surface area contributed by atoms with Gasteiger partial charge >= 0.3 is 0 Å². The summed E-state index contributed by atoms with van der Waals surface area (Å²) in [5, 5.41) is 0. The molecule has 0 spiro atoms. The van der Waals surface area contributed by atoms with E-state index in [0.29, 0.717) is 0 Å². The van der Waals surface area contributed by atoms with Crippen LogP contribution in [-0.2, 0) is 19.6 Å². The number of likely N-dealkylation sites (N-methyl/N-ethyl adjacent to an activating group) is 1. The van der Waals surface area contributed by atoms with Crippen LogP contribution in [0.4, 0.5) is 0 Å². The molecule has 0 fully saturated rings. The van der Waals surface area contributed by atoms with Crippen LogP contribution >= 0.6 is 11.8 Å². The van der Waals surface area contributed by atoms with Crippen molar-refractivity contribution in [2.75, 3.05) is 19.3 Å². The van der Waals surface area contributed by atoms with Crippen LogP contribution in [0.5, 0.6) is 0 Å².